The van der Waals surface area contributed by atoms with Crippen molar-refractivity contribution in [2.24, 2.45) is 11.3 Å². The van der Waals surface area contributed by atoms with Crippen LogP contribution in [-0.2, 0) is 0 Å². The minimum Gasteiger partial charge on any atom is -0.0787 e. The summed E-state index contributed by atoms with van der Waals surface area (Å²) in [6.07, 6.45) is 16.3. The van der Waals surface area contributed by atoms with Gasteiger partial charge in [0, 0.05) is 0 Å². The van der Waals surface area contributed by atoms with E-state index < -0.39 is 0 Å². The van der Waals surface area contributed by atoms with Gasteiger partial charge in [0.1, 0.15) is 0 Å². The summed E-state index contributed by atoms with van der Waals surface area (Å²) in [6.45, 7) is 9.52. The summed E-state index contributed by atoms with van der Waals surface area (Å²) in [5, 5.41) is 0. The van der Waals surface area contributed by atoms with Crippen LogP contribution in [0.4, 0.5) is 0 Å². The molecule has 0 bridgehead atoms. The summed E-state index contributed by atoms with van der Waals surface area (Å²) in [7, 11) is 0. The van der Waals surface area contributed by atoms with Crippen LogP contribution in [0.3, 0.4) is 0 Å². The average Bonchev–Trinajstić information content (AvgIpc) is 2.77. The van der Waals surface area contributed by atoms with Gasteiger partial charge in [-0.3, -0.25) is 0 Å². The molecule has 0 heterocycles. The van der Waals surface area contributed by atoms with Crippen LogP contribution in [0.15, 0.2) is 22.8 Å². The summed E-state index contributed by atoms with van der Waals surface area (Å²) in [6, 6.07) is 0. The van der Waals surface area contributed by atoms with Crippen LogP contribution in [0.1, 0.15) is 91.9 Å². The molecule has 0 heteroatoms. The molecule has 0 amide bonds. The molecule has 114 valence electrons. The molecule has 0 nitrogen and oxygen atoms in total. The lowest BCUT2D eigenvalue weighted by Gasteiger charge is -2.38. The van der Waals surface area contributed by atoms with Crippen LogP contribution in [0.5, 0.6) is 0 Å². The first-order valence-corrected chi connectivity index (χ1v) is 9.03. The summed E-state index contributed by atoms with van der Waals surface area (Å²) < 4.78 is 0. The first-order valence-electron chi connectivity index (χ1n) is 9.03. The highest BCUT2D eigenvalue weighted by Gasteiger charge is 2.41. The minimum absolute atomic E-state index is 0.490. The van der Waals surface area contributed by atoms with E-state index in [1.165, 1.54) is 64.2 Å². The van der Waals surface area contributed by atoms with Crippen molar-refractivity contribution < 1.29 is 0 Å². The fraction of sp³-hybridized carbons (Fsp3) is 0.800. The lowest BCUT2D eigenvalue weighted by molar-refractivity contribution is 0.249. The van der Waals surface area contributed by atoms with E-state index in [0.29, 0.717) is 5.41 Å². The standard InChI is InChI=1S/C20H34/c1-5-8-9-10-11-16-12-19-13-17(6-2)18(7-3)15-20(19,4)14-16/h14,19H,5-13,15H2,1-4H3/t19-,20+/m0/s1. The lowest BCUT2D eigenvalue weighted by Crippen LogP contribution is -2.27. The number of allylic oxidation sites excluding steroid dienone is 4. The Hall–Kier alpha value is -0.520. The monoisotopic (exact) mass is 274 g/mol. The van der Waals surface area contributed by atoms with E-state index in [4.69, 9.17) is 0 Å². The molecule has 2 aliphatic carbocycles. The second-order valence-electron chi connectivity index (χ2n) is 7.32. The van der Waals surface area contributed by atoms with Crippen LogP contribution in [-0.4, -0.2) is 0 Å². The van der Waals surface area contributed by atoms with Gasteiger partial charge in [-0.15, -0.1) is 0 Å². The van der Waals surface area contributed by atoms with Gasteiger partial charge in [-0.25, -0.2) is 0 Å². The molecule has 20 heavy (non-hydrogen) atoms. The van der Waals surface area contributed by atoms with Gasteiger partial charge in [0.15, 0.2) is 0 Å². The summed E-state index contributed by atoms with van der Waals surface area (Å²) >= 11 is 0. The van der Waals surface area contributed by atoms with Crippen molar-refractivity contribution in [3.05, 3.63) is 22.8 Å². The normalized spacial score (nSPS) is 29.6. The van der Waals surface area contributed by atoms with Crippen LogP contribution < -0.4 is 0 Å². The Morgan fingerprint density at radius 3 is 2.40 bits per heavy atom. The van der Waals surface area contributed by atoms with Gasteiger partial charge < -0.3 is 0 Å². The highest BCUT2D eigenvalue weighted by molar-refractivity contribution is 5.30. The Morgan fingerprint density at radius 2 is 1.75 bits per heavy atom. The average molecular weight is 274 g/mol. The van der Waals surface area contributed by atoms with Crippen molar-refractivity contribution in [1.29, 1.82) is 0 Å². The van der Waals surface area contributed by atoms with Crippen molar-refractivity contribution in [3.8, 4) is 0 Å². The van der Waals surface area contributed by atoms with E-state index >= 15 is 0 Å². The Kier molecular flexibility index (Phi) is 5.52. The van der Waals surface area contributed by atoms with Crippen molar-refractivity contribution in [2.75, 3.05) is 0 Å². The third-order valence-electron chi connectivity index (χ3n) is 5.77. The molecule has 0 fully saturated rings. The second kappa shape index (κ2) is 6.96. The van der Waals surface area contributed by atoms with Crippen LogP contribution >= 0.6 is 0 Å². The van der Waals surface area contributed by atoms with Crippen LogP contribution in [0.2, 0.25) is 0 Å². The maximum atomic E-state index is 2.69. The Morgan fingerprint density at radius 1 is 1.00 bits per heavy atom. The van der Waals surface area contributed by atoms with Crippen molar-refractivity contribution >= 4 is 0 Å². The molecule has 0 unspecified atom stereocenters. The molecular weight excluding hydrogens is 240 g/mol. The third kappa shape index (κ3) is 3.38. The number of rotatable bonds is 7. The van der Waals surface area contributed by atoms with Gasteiger partial charge in [-0.05, 0) is 56.3 Å². The summed E-state index contributed by atoms with van der Waals surface area (Å²) in [5.74, 6) is 0.911. The van der Waals surface area contributed by atoms with Gasteiger partial charge >= 0.3 is 0 Å². The van der Waals surface area contributed by atoms with E-state index in [9.17, 15) is 0 Å². The van der Waals surface area contributed by atoms with Gasteiger partial charge in [-0.2, -0.15) is 0 Å². The fourth-order valence-electron chi connectivity index (χ4n) is 4.44. The van der Waals surface area contributed by atoms with Gasteiger partial charge in [0.2, 0.25) is 0 Å². The van der Waals surface area contributed by atoms with Gasteiger partial charge in [0.25, 0.3) is 0 Å². The molecule has 0 spiro atoms. The number of hydrogen-bond donors (Lipinski definition) is 0. The molecule has 0 saturated carbocycles. The zero-order valence-electron chi connectivity index (χ0n) is 14.2. The first kappa shape index (κ1) is 15.9. The van der Waals surface area contributed by atoms with E-state index in [-0.39, 0.29) is 0 Å². The molecule has 0 N–H and O–H groups in total. The molecule has 0 aromatic rings. The first-order chi connectivity index (χ1) is 9.62. The smallest absolute Gasteiger partial charge is 0.00723 e. The molecular formula is C20H34. The summed E-state index contributed by atoms with van der Waals surface area (Å²) in [5.41, 5.74) is 5.83. The molecule has 0 aromatic carbocycles. The Bertz CT molecular complexity index is 385. The quantitative estimate of drug-likeness (QED) is 0.353. The van der Waals surface area contributed by atoms with E-state index in [0.717, 1.165) is 5.92 Å². The van der Waals surface area contributed by atoms with E-state index in [1.807, 2.05) is 0 Å². The predicted molar refractivity (Wildman–Crippen MR) is 89.9 cm³/mol. The minimum atomic E-state index is 0.490. The fourth-order valence-corrected chi connectivity index (χ4v) is 4.44. The largest absolute Gasteiger partial charge is 0.0787 e. The van der Waals surface area contributed by atoms with Crippen LogP contribution in [0.25, 0.3) is 0 Å². The van der Waals surface area contributed by atoms with Crippen LogP contribution in [0, 0.1) is 11.3 Å². The van der Waals surface area contributed by atoms with E-state index in [2.05, 4.69) is 33.8 Å². The van der Waals surface area contributed by atoms with E-state index in [1.54, 1.807) is 16.7 Å². The predicted octanol–water partition coefficient (Wildman–Crippen LogP) is 6.82. The van der Waals surface area contributed by atoms with Gasteiger partial charge in [0.05, 0.1) is 0 Å². The highest BCUT2D eigenvalue weighted by atomic mass is 14.5. The molecule has 0 aromatic heterocycles. The zero-order valence-corrected chi connectivity index (χ0v) is 14.2. The molecule has 0 aliphatic heterocycles. The maximum absolute atomic E-state index is 2.69. The molecule has 2 rings (SSSR count). The molecule has 0 radical (unpaired) electrons. The van der Waals surface area contributed by atoms with Gasteiger partial charge in [-0.1, -0.05) is 69.8 Å². The SMILES string of the molecule is CCCCCCC1=C[C@]2(C)CC(CC)=C(CC)C[C@@H]2C1. The topological polar surface area (TPSA) is 0 Å². The number of fused-ring (bicyclic) bond motifs is 1. The van der Waals surface area contributed by atoms with Crippen molar-refractivity contribution in [2.45, 2.75) is 91.9 Å². The lowest BCUT2D eigenvalue weighted by atomic mass is 9.66. The van der Waals surface area contributed by atoms with Crippen molar-refractivity contribution in [1.82, 2.24) is 0 Å². The highest BCUT2D eigenvalue weighted by Crippen LogP contribution is 2.53. The third-order valence-corrected chi connectivity index (χ3v) is 5.77. The summed E-state index contributed by atoms with van der Waals surface area (Å²) in [4.78, 5) is 0. The van der Waals surface area contributed by atoms with Crippen molar-refractivity contribution in [3.63, 3.8) is 0 Å². The number of unbranched alkanes of at least 4 members (excludes halogenated alkanes) is 3. The number of hydrogen-bond acceptors (Lipinski definition) is 0. The maximum Gasteiger partial charge on any atom is -0.00723 e. The zero-order chi connectivity index (χ0) is 14.6. The molecule has 0 saturated heterocycles. The Labute approximate surface area is 126 Å². The molecule has 2 aliphatic rings. The second-order valence-corrected chi connectivity index (χ2v) is 7.32. The Balaban J connectivity index is 1.97. The molecule has 2 atom stereocenters.